The van der Waals surface area contributed by atoms with Crippen LogP contribution in [0, 0.1) is 6.92 Å². The van der Waals surface area contributed by atoms with Crippen LogP contribution in [0.25, 0.3) is 11.0 Å². The predicted molar refractivity (Wildman–Crippen MR) is 117 cm³/mol. The molecule has 0 aliphatic carbocycles. The van der Waals surface area contributed by atoms with Crippen molar-refractivity contribution in [2.75, 3.05) is 13.3 Å². The van der Waals surface area contributed by atoms with Gasteiger partial charge in [0, 0.05) is 35.7 Å². The first-order valence-corrected chi connectivity index (χ1v) is 10.6. The molecule has 0 N–H and O–H groups in total. The SMILES string of the molecule is CCCCc1cc(=O)oc2c(C)c3c(cc12)CN(C[C@H](C)c1ccccc1)CO3. The highest BCUT2D eigenvalue weighted by molar-refractivity contribution is 5.86. The van der Waals surface area contributed by atoms with Gasteiger partial charge in [0.05, 0.1) is 0 Å². The molecule has 0 saturated heterocycles. The summed E-state index contributed by atoms with van der Waals surface area (Å²) in [6, 6.07) is 14.4. The Balaban J connectivity index is 1.64. The number of rotatable bonds is 6. The topological polar surface area (TPSA) is 42.7 Å². The third-order valence-corrected chi connectivity index (χ3v) is 5.86. The standard InChI is InChI=1S/C25H29NO3/c1-4-5-9-20-13-23(27)29-25-18(3)24-21(12-22(20)25)15-26(16-28-24)14-17(2)19-10-7-6-8-11-19/h6-8,10-13,17H,4-5,9,14-16H2,1-3H3/t17-/m0/s1. The summed E-state index contributed by atoms with van der Waals surface area (Å²) in [6.07, 6.45) is 3.05. The fourth-order valence-electron chi connectivity index (χ4n) is 4.30. The number of benzene rings is 2. The van der Waals surface area contributed by atoms with Crippen molar-refractivity contribution in [1.82, 2.24) is 4.90 Å². The lowest BCUT2D eigenvalue weighted by Gasteiger charge is -2.32. The minimum atomic E-state index is -0.277. The van der Waals surface area contributed by atoms with E-state index in [9.17, 15) is 4.79 Å². The van der Waals surface area contributed by atoms with Gasteiger partial charge in [-0.25, -0.2) is 4.79 Å². The lowest BCUT2D eigenvalue weighted by atomic mass is 9.97. The summed E-state index contributed by atoms with van der Waals surface area (Å²) in [4.78, 5) is 14.4. The molecule has 4 heteroatoms. The van der Waals surface area contributed by atoms with Crippen LogP contribution >= 0.6 is 0 Å². The first-order valence-electron chi connectivity index (χ1n) is 10.6. The Labute approximate surface area is 172 Å². The van der Waals surface area contributed by atoms with Crippen LogP contribution in [0.1, 0.15) is 54.9 Å². The normalized spacial score (nSPS) is 15.1. The molecule has 2 aromatic carbocycles. The molecule has 2 heterocycles. The fourth-order valence-corrected chi connectivity index (χ4v) is 4.30. The van der Waals surface area contributed by atoms with Crippen molar-refractivity contribution in [3.8, 4) is 5.75 Å². The van der Waals surface area contributed by atoms with Crippen LogP contribution in [0.5, 0.6) is 5.75 Å². The summed E-state index contributed by atoms with van der Waals surface area (Å²) in [5.41, 5.74) is 4.93. The minimum absolute atomic E-state index is 0.277. The maximum atomic E-state index is 12.1. The third-order valence-electron chi connectivity index (χ3n) is 5.86. The molecule has 4 nitrogen and oxygen atoms in total. The van der Waals surface area contributed by atoms with Gasteiger partial charge in [0.2, 0.25) is 0 Å². The van der Waals surface area contributed by atoms with Gasteiger partial charge in [-0.3, -0.25) is 4.90 Å². The van der Waals surface area contributed by atoms with E-state index in [-0.39, 0.29) is 5.63 Å². The van der Waals surface area contributed by atoms with E-state index in [0.717, 1.165) is 54.6 Å². The monoisotopic (exact) mass is 391 g/mol. The van der Waals surface area contributed by atoms with E-state index in [1.807, 2.05) is 6.92 Å². The number of ether oxygens (including phenoxy) is 1. The van der Waals surface area contributed by atoms with E-state index in [2.05, 4.69) is 55.1 Å². The molecule has 0 spiro atoms. The molecule has 1 aliphatic heterocycles. The van der Waals surface area contributed by atoms with Gasteiger partial charge in [-0.1, -0.05) is 50.6 Å². The van der Waals surface area contributed by atoms with Crippen LogP contribution in [-0.2, 0) is 13.0 Å². The van der Waals surface area contributed by atoms with Gasteiger partial charge in [0.1, 0.15) is 18.1 Å². The second-order valence-corrected chi connectivity index (χ2v) is 8.16. The maximum absolute atomic E-state index is 12.1. The molecule has 3 aromatic rings. The summed E-state index contributed by atoms with van der Waals surface area (Å²) in [5.74, 6) is 1.30. The van der Waals surface area contributed by atoms with Gasteiger partial charge in [-0.15, -0.1) is 0 Å². The molecule has 152 valence electrons. The zero-order chi connectivity index (χ0) is 20.4. The minimum Gasteiger partial charge on any atom is -0.477 e. The van der Waals surface area contributed by atoms with Crippen LogP contribution in [-0.4, -0.2) is 18.2 Å². The molecular formula is C25H29NO3. The number of unbranched alkanes of at least 4 members (excludes halogenated alkanes) is 1. The highest BCUT2D eigenvalue weighted by Crippen LogP contribution is 2.36. The van der Waals surface area contributed by atoms with Gasteiger partial charge in [0.15, 0.2) is 0 Å². The number of nitrogens with zero attached hydrogens (tertiary/aromatic N) is 1. The Kier molecular flexibility index (Phi) is 5.72. The molecule has 0 bridgehead atoms. The van der Waals surface area contributed by atoms with Crippen molar-refractivity contribution in [1.29, 1.82) is 0 Å². The van der Waals surface area contributed by atoms with E-state index in [1.54, 1.807) is 6.07 Å². The lowest BCUT2D eigenvalue weighted by molar-refractivity contribution is 0.0900. The predicted octanol–water partition coefficient (Wildman–Crippen LogP) is 5.40. The average molecular weight is 392 g/mol. The molecule has 0 unspecified atom stereocenters. The molecule has 0 radical (unpaired) electrons. The van der Waals surface area contributed by atoms with Crippen molar-refractivity contribution in [2.45, 2.75) is 52.5 Å². The smallest absolute Gasteiger partial charge is 0.336 e. The summed E-state index contributed by atoms with van der Waals surface area (Å²) < 4.78 is 11.7. The van der Waals surface area contributed by atoms with Crippen molar-refractivity contribution >= 4 is 11.0 Å². The zero-order valence-corrected chi connectivity index (χ0v) is 17.5. The molecule has 29 heavy (non-hydrogen) atoms. The van der Waals surface area contributed by atoms with Crippen LogP contribution < -0.4 is 10.4 Å². The van der Waals surface area contributed by atoms with E-state index in [1.165, 1.54) is 11.1 Å². The van der Waals surface area contributed by atoms with Crippen molar-refractivity contribution in [3.63, 3.8) is 0 Å². The lowest BCUT2D eigenvalue weighted by Crippen LogP contribution is -2.35. The van der Waals surface area contributed by atoms with Crippen molar-refractivity contribution in [3.05, 3.63) is 75.1 Å². The van der Waals surface area contributed by atoms with Gasteiger partial charge in [-0.05, 0) is 42.9 Å². The maximum Gasteiger partial charge on any atom is 0.336 e. The largest absolute Gasteiger partial charge is 0.477 e. The van der Waals surface area contributed by atoms with Crippen LogP contribution in [0.15, 0.2) is 51.7 Å². The van der Waals surface area contributed by atoms with Crippen LogP contribution in [0.2, 0.25) is 0 Å². The van der Waals surface area contributed by atoms with Gasteiger partial charge >= 0.3 is 5.63 Å². The molecule has 0 amide bonds. The molecule has 0 saturated carbocycles. The number of hydrogen-bond donors (Lipinski definition) is 0. The molecular weight excluding hydrogens is 362 g/mol. The molecule has 1 atom stereocenters. The van der Waals surface area contributed by atoms with E-state index < -0.39 is 0 Å². The average Bonchev–Trinajstić information content (AvgIpc) is 2.73. The van der Waals surface area contributed by atoms with Crippen LogP contribution in [0.3, 0.4) is 0 Å². The quantitative estimate of drug-likeness (QED) is 0.528. The highest BCUT2D eigenvalue weighted by atomic mass is 16.5. The van der Waals surface area contributed by atoms with E-state index >= 15 is 0 Å². The van der Waals surface area contributed by atoms with Crippen molar-refractivity contribution < 1.29 is 9.15 Å². The number of aryl methyl sites for hydroxylation is 2. The summed E-state index contributed by atoms with van der Waals surface area (Å²) in [5, 5.41) is 1.05. The molecule has 4 rings (SSSR count). The molecule has 1 aromatic heterocycles. The third kappa shape index (κ3) is 4.08. The van der Waals surface area contributed by atoms with Gasteiger partial charge in [0.25, 0.3) is 0 Å². The zero-order valence-electron chi connectivity index (χ0n) is 17.5. The molecule has 0 fully saturated rings. The van der Waals surface area contributed by atoms with Gasteiger partial charge < -0.3 is 9.15 Å². The second-order valence-electron chi connectivity index (χ2n) is 8.16. The molecule has 1 aliphatic rings. The Hall–Kier alpha value is -2.59. The first kappa shape index (κ1) is 19.7. The summed E-state index contributed by atoms with van der Waals surface area (Å²) in [7, 11) is 0. The van der Waals surface area contributed by atoms with Crippen molar-refractivity contribution in [2.24, 2.45) is 0 Å². The van der Waals surface area contributed by atoms with Gasteiger partial charge in [-0.2, -0.15) is 0 Å². The fraction of sp³-hybridized carbons (Fsp3) is 0.400. The Morgan fingerprint density at radius 1 is 1.17 bits per heavy atom. The first-order chi connectivity index (χ1) is 14.1. The summed E-state index contributed by atoms with van der Waals surface area (Å²) in [6.45, 7) is 8.75. The Morgan fingerprint density at radius 3 is 2.72 bits per heavy atom. The Morgan fingerprint density at radius 2 is 1.97 bits per heavy atom. The van der Waals surface area contributed by atoms with E-state index in [4.69, 9.17) is 9.15 Å². The second kappa shape index (κ2) is 8.42. The highest BCUT2D eigenvalue weighted by Gasteiger charge is 2.24. The number of hydrogen-bond acceptors (Lipinski definition) is 4. The number of fused-ring (bicyclic) bond motifs is 2. The van der Waals surface area contributed by atoms with Crippen LogP contribution in [0.4, 0.5) is 0 Å². The summed E-state index contributed by atoms with van der Waals surface area (Å²) >= 11 is 0. The Bertz CT molecular complexity index is 1060. The van der Waals surface area contributed by atoms with E-state index in [0.29, 0.717) is 18.2 Å².